The molecule has 3 aromatic carbocycles. The average Bonchev–Trinajstić information content (AvgIpc) is 3.31. The number of furan rings is 1. The van der Waals surface area contributed by atoms with E-state index in [9.17, 15) is 5.26 Å². The molecule has 1 saturated carbocycles. The summed E-state index contributed by atoms with van der Waals surface area (Å²) in [7, 11) is 2.08. The third-order valence-electron chi connectivity index (χ3n) is 9.30. The van der Waals surface area contributed by atoms with Gasteiger partial charge in [-0.05, 0) is 91.7 Å². The van der Waals surface area contributed by atoms with E-state index in [-0.39, 0.29) is 0 Å². The summed E-state index contributed by atoms with van der Waals surface area (Å²) >= 11 is 0. The predicted octanol–water partition coefficient (Wildman–Crippen LogP) is 9.55. The Kier molecular flexibility index (Phi) is 6.54. The first-order valence-electron chi connectivity index (χ1n) is 14.6. The van der Waals surface area contributed by atoms with Crippen LogP contribution in [0.25, 0.3) is 44.3 Å². The maximum absolute atomic E-state index is 10.1. The molecule has 3 nitrogen and oxygen atoms in total. The van der Waals surface area contributed by atoms with Crippen molar-refractivity contribution in [2.75, 3.05) is 0 Å². The molecule has 5 aromatic rings. The van der Waals surface area contributed by atoms with Crippen LogP contribution in [-0.4, -0.2) is 0 Å². The van der Waals surface area contributed by atoms with Crippen molar-refractivity contribution in [2.24, 2.45) is 18.4 Å². The standard InChI is InChI=1S/C37H39N2O/c1-23-7-20-32(39(6)22-23)33-24(2)8-18-30-31-19-15-28(21-38)34(36(31)40-35(30)33)27-11-9-25(10-12-27)26-13-16-29(17-14-26)37(3,4)5/h7-12,15,18-20,22,26,29H,13-14,16-17H2,1-6H3/q+1. The lowest BCUT2D eigenvalue weighted by molar-refractivity contribution is -0.660. The van der Waals surface area contributed by atoms with Gasteiger partial charge in [0.1, 0.15) is 18.2 Å². The highest BCUT2D eigenvalue weighted by molar-refractivity contribution is 6.14. The third-order valence-corrected chi connectivity index (χ3v) is 9.30. The zero-order chi connectivity index (χ0) is 28.2. The molecule has 0 radical (unpaired) electrons. The number of nitriles is 1. The minimum atomic E-state index is 0.392. The van der Waals surface area contributed by atoms with E-state index in [1.807, 2.05) is 12.1 Å². The van der Waals surface area contributed by atoms with E-state index in [1.165, 1.54) is 42.4 Å². The van der Waals surface area contributed by atoms with Crippen LogP contribution in [0.5, 0.6) is 0 Å². The topological polar surface area (TPSA) is 40.8 Å². The first-order chi connectivity index (χ1) is 19.2. The van der Waals surface area contributed by atoms with Crippen LogP contribution < -0.4 is 4.57 Å². The molecule has 2 heterocycles. The first kappa shape index (κ1) is 26.3. The van der Waals surface area contributed by atoms with Gasteiger partial charge in [0.2, 0.25) is 5.69 Å². The van der Waals surface area contributed by atoms with Gasteiger partial charge in [-0.25, -0.2) is 4.57 Å². The second-order valence-corrected chi connectivity index (χ2v) is 13.0. The number of hydrogen-bond donors (Lipinski definition) is 0. The number of pyridine rings is 1. The molecule has 0 bridgehead atoms. The Bertz CT molecular complexity index is 1770. The number of rotatable bonds is 3. The largest absolute Gasteiger partial charge is 0.454 e. The second kappa shape index (κ2) is 9.93. The smallest absolute Gasteiger partial charge is 0.216 e. The fourth-order valence-electron chi connectivity index (χ4n) is 6.92. The molecule has 0 unspecified atom stereocenters. The van der Waals surface area contributed by atoms with Crippen molar-refractivity contribution < 1.29 is 8.98 Å². The number of aryl methyl sites for hydroxylation is 3. The minimum Gasteiger partial charge on any atom is -0.454 e. The van der Waals surface area contributed by atoms with E-state index in [0.29, 0.717) is 16.9 Å². The van der Waals surface area contributed by atoms with Gasteiger partial charge in [0, 0.05) is 28.0 Å². The zero-order valence-corrected chi connectivity index (χ0v) is 24.6. The van der Waals surface area contributed by atoms with Crippen LogP contribution in [-0.2, 0) is 7.05 Å². The van der Waals surface area contributed by atoms with Gasteiger partial charge in [-0.1, -0.05) is 57.2 Å². The molecule has 0 spiro atoms. The molecular formula is C37H39N2O+. The van der Waals surface area contributed by atoms with E-state index in [1.54, 1.807) is 0 Å². The Hall–Kier alpha value is -3.90. The summed E-state index contributed by atoms with van der Waals surface area (Å²) in [5.74, 6) is 1.42. The molecule has 0 N–H and O–H groups in total. The maximum Gasteiger partial charge on any atom is 0.216 e. The van der Waals surface area contributed by atoms with Gasteiger partial charge >= 0.3 is 0 Å². The molecule has 0 atom stereocenters. The molecule has 0 amide bonds. The van der Waals surface area contributed by atoms with Gasteiger partial charge in [0.15, 0.2) is 6.20 Å². The normalized spacial score (nSPS) is 17.8. The molecule has 6 rings (SSSR count). The summed E-state index contributed by atoms with van der Waals surface area (Å²) in [6.45, 7) is 11.4. The van der Waals surface area contributed by atoms with E-state index in [4.69, 9.17) is 4.42 Å². The van der Waals surface area contributed by atoms with Gasteiger partial charge in [0.25, 0.3) is 0 Å². The summed E-state index contributed by atoms with van der Waals surface area (Å²) in [5, 5.41) is 12.2. The highest BCUT2D eigenvalue weighted by atomic mass is 16.3. The number of fused-ring (bicyclic) bond motifs is 3. The molecule has 0 saturated heterocycles. The first-order valence-corrected chi connectivity index (χ1v) is 14.6. The van der Waals surface area contributed by atoms with Crippen molar-refractivity contribution in [3.05, 3.63) is 89.1 Å². The molecule has 1 aliphatic carbocycles. The Morgan fingerprint density at radius 3 is 2.08 bits per heavy atom. The van der Waals surface area contributed by atoms with Crippen molar-refractivity contribution in [3.63, 3.8) is 0 Å². The highest BCUT2D eigenvalue weighted by Crippen LogP contribution is 2.45. The molecule has 1 fully saturated rings. The fourth-order valence-corrected chi connectivity index (χ4v) is 6.92. The quantitative estimate of drug-likeness (QED) is 0.219. The van der Waals surface area contributed by atoms with Crippen LogP contribution in [0.15, 0.2) is 71.3 Å². The molecule has 1 aliphatic rings. The SMILES string of the molecule is Cc1ccc(-c2c(C)ccc3c2oc2c(-c4ccc(C5CCC(C(C)(C)C)CC5)cc4)c(C#N)ccc23)[n+](C)c1. The van der Waals surface area contributed by atoms with Gasteiger partial charge in [-0.3, -0.25) is 0 Å². The van der Waals surface area contributed by atoms with E-state index in [2.05, 4.69) is 107 Å². The lowest BCUT2D eigenvalue weighted by Gasteiger charge is -2.37. The van der Waals surface area contributed by atoms with Crippen LogP contribution in [0.2, 0.25) is 0 Å². The van der Waals surface area contributed by atoms with Crippen LogP contribution in [0.3, 0.4) is 0 Å². The summed E-state index contributed by atoms with van der Waals surface area (Å²) in [4.78, 5) is 0. The van der Waals surface area contributed by atoms with Crippen molar-refractivity contribution >= 4 is 21.9 Å². The van der Waals surface area contributed by atoms with Gasteiger partial charge in [0.05, 0.1) is 17.2 Å². The van der Waals surface area contributed by atoms with E-state index >= 15 is 0 Å². The Balaban J connectivity index is 1.44. The Labute approximate surface area is 238 Å². The van der Waals surface area contributed by atoms with Gasteiger partial charge in [-0.15, -0.1) is 0 Å². The van der Waals surface area contributed by atoms with E-state index in [0.717, 1.165) is 50.2 Å². The molecule has 2 aromatic heterocycles. The summed E-state index contributed by atoms with van der Waals surface area (Å²) in [6.07, 6.45) is 7.25. The maximum atomic E-state index is 10.1. The van der Waals surface area contributed by atoms with Gasteiger partial charge < -0.3 is 4.42 Å². The molecule has 40 heavy (non-hydrogen) atoms. The summed E-state index contributed by atoms with van der Waals surface area (Å²) < 4.78 is 8.92. The fraction of sp³-hybridized carbons (Fsp3) is 0.351. The second-order valence-electron chi connectivity index (χ2n) is 13.0. The zero-order valence-electron chi connectivity index (χ0n) is 24.6. The highest BCUT2D eigenvalue weighted by Gasteiger charge is 2.30. The number of benzene rings is 3. The van der Waals surface area contributed by atoms with Gasteiger partial charge in [-0.2, -0.15) is 5.26 Å². The van der Waals surface area contributed by atoms with E-state index < -0.39 is 0 Å². The third kappa shape index (κ3) is 4.50. The lowest BCUT2D eigenvalue weighted by atomic mass is 9.68. The van der Waals surface area contributed by atoms with Crippen molar-refractivity contribution in [3.8, 4) is 28.5 Å². The molecule has 0 aliphatic heterocycles. The Morgan fingerprint density at radius 1 is 0.800 bits per heavy atom. The van der Waals surface area contributed by atoms with Crippen LogP contribution in [0.4, 0.5) is 0 Å². The van der Waals surface area contributed by atoms with Crippen LogP contribution in [0, 0.1) is 36.5 Å². The average molecular weight is 528 g/mol. The monoisotopic (exact) mass is 527 g/mol. The summed E-state index contributed by atoms with van der Waals surface area (Å²) in [5.41, 5.74) is 10.6. The summed E-state index contributed by atoms with van der Waals surface area (Å²) in [6, 6.07) is 24.0. The molecular weight excluding hydrogens is 488 g/mol. The van der Waals surface area contributed by atoms with Crippen LogP contribution in [0.1, 0.15) is 74.6 Å². The number of aromatic nitrogens is 1. The lowest BCUT2D eigenvalue weighted by Crippen LogP contribution is -2.31. The van der Waals surface area contributed by atoms with Crippen molar-refractivity contribution in [2.45, 2.75) is 66.2 Å². The van der Waals surface area contributed by atoms with Crippen molar-refractivity contribution in [1.29, 1.82) is 5.26 Å². The molecule has 202 valence electrons. The Morgan fingerprint density at radius 2 is 1.45 bits per heavy atom. The van der Waals surface area contributed by atoms with Crippen molar-refractivity contribution in [1.82, 2.24) is 0 Å². The van der Waals surface area contributed by atoms with Crippen LogP contribution >= 0.6 is 0 Å². The number of nitrogens with zero attached hydrogens (tertiary/aromatic N) is 2. The molecule has 3 heteroatoms. The predicted molar refractivity (Wildman–Crippen MR) is 164 cm³/mol. The number of hydrogen-bond acceptors (Lipinski definition) is 2. The minimum absolute atomic E-state index is 0.392.